The molecular formula is C26H25Cl3FN5O2S. The van der Waals surface area contributed by atoms with Crippen molar-refractivity contribution in [1.29, 1.82) is 0 Å². The number of carbonyl (C=O) groups excluding carboxylic acids is 2. The molecule has 3 aromatic rings. The number of nitrogens with zero attached hydrogens (tertiary/aromatic N) is 4. The monoisotopic (exact) mass is 595 g/mol. The number of halogens is 4. The van der Waals surface area contributed by atoms with Crippen LogP contribution in [0.2, 0.25) is 15.2 Å². The highest BCUT2D eigenvalue weighted by Gasteiger charge is 2.29. The summed E-state index contributed by atoms with van der Waals surface area (Å²) in [5, 5.41) is 4.64. The fraction of sp³-hybridized carbons (Fsp3) is 0.308. The van der Waals surface area contributed by atoms with Crippen molar-refractivity contribution >= 4 is 64.2 Å². The van der Waals surface area contributed by atoms with Crippen LogP contribution in [-0.4, -0.2) is 64.7 Å². The van der Waals surface area contributed by atoms with Crippen molar-refractivity contribution in [3.63, 3.8) is 0 Å². The average molecular weight is 597 g/mol. The van der Waals surface area contributed by atoms with Crippen LogP contribution in [0.1, 0.15) is 22.8 Å². The number of piperazine rings is 1. The van der Waals surface area contributed by atoms with Gasteiger partial charge in [0.25, 0.3) is 5.91 Å². The predicted molar refractivity (Wildman–Crippen MR) is 150 cm³/mol. The van der Waals surface area contributed by atoms with Crippen LogP contribution >= 0.6 is 46.6 Å². The number of anilines is 1. The topological polar surface area (TPSA) is 78.4 Å². The van der Waals surface area contributed by atoms with Crippen molar-refractivity contribution in [2.24, 2.45) is 0 Å². The highest BCUT2D eigenvalue weighted by molar-refractivity contribution is 7.99. The van der Waals surface area contributed by atoms with Gasteiger partial charge in [0.1, 0.15) is 16.8 Å². The Balaban J connectivity index is 1.30. The number of nitrogens with one attached hydrogen (secondary N) is 1. The van der Waals surface area contributed by atoms with E-state index in [0.29, 0.717) is 59.2 Å². The maximum atomic E-state index is 13.6. The van der Waals surface area contributed by atoms with Crippen LogP contribution < -0.4 is 10.2 Å². The molecule has 12 heteroatoms. The SMILES string of the molecule is CC1CN(c2cc(Cl)nc(SCC(=O)NCCc3ccc(Cl)cc3Cl)n2)CCN1C(=O)c1cccc(F)c1. The molecule has 1 N–H and O–H groups in total. The smallest absolute Gasteiger partial charge is 0.254 e. The van der Waals surface area contributed by atoms with Crippen LogP contribution in [0.3, 0.4) is 0 Å². The van der Waals surface area contributed by atoms with Crippen LogP contribution in [0.25, 0.3) is 0 Å². The normalized spacial score (nSPS) is 15.4. The van der Waals surface area contributed by atoms with Gasteiger partial charge in [-0.15, -0.1) is 0 Å². The summed E-state index contributed by atoms with van der Waals surface area (Å²) in [6.07, 6.45) is 0.579. The Hall–Kier alpha value is -2.59. The molecule has 0 aliphatic carbocycles. The number of rotatable bonds is 8. The molecule has 2 heterocycles. The van der Waals surface area contributed by atoms with Crippen LogP contribution in [0.4, 0.5) is 10.2 Å². The number of aromatic nitrogens is 2. The van der Waals surface area contributed by atoms with Gasteiger partial charge in [-0.3, -0.25) is 9.59 Å². The van der Waals surface area contributed by atoms with E-state index in [0.717, 1.165) is 5.56 Å². The van der Waals surface area contributed by atoms with Gasteiger partial charge in [-0.2, -0.15) is 0 Å². The van der Waals surface area contributed by atoms with Crippen molar-refractivity contribution < 1.29 is 14.0 Å². The van der Waals surface area contributed by atoms with Gasteiger partial charge in [0.15, 0.2) is 5.16 Å². The lowest BCUT2D eigenvalue weighted by Crippen LogP contribution is -2.54. The highest BCUT2D eigenvalue weighted by Crippen LogP contribution is 2.25. The molecule has 38 heavy (non-hydrogen) atoms. The Labute approximate surface area is 239 Å². The van der Waals surface area contributed by atoms with Gasteiger partial charge in [0.2, 0.25) is 5.91 Å². The van der Waals surface area contributed by atoms with Gasteiger partial charge >= 0.3 is 0 Å². The third kappa shape index (κ3) is 7.50. The summed E-state index contributed by atoms with van der Waals surface area (Å²) in [4.78, 5) is 37.8. The summed E-state index contributed by atoms with van der Waals surface area (Å²) in [5.41, 5.74) is 1.22. The highest BCUT2D eigenvalue weighted by atomic mass is 35.5. The maximum Gasteiger partial charge on any atom is 0.254 e. The van der Waals surface area contributed by atoms with Crippen LogP contribution in [0, 0.1) is 5.82 Å². The second-order valence-electron chi connectivity index (χ2n) is 8.76. The summed E-state index contributed by atoms with van der Waals surface area (Å²) in [7, 11) is 0. The summed E-state index contributed by atoms with van der Waals surface area (Å²) in [6.45, 7) is 3.85. The van der Waals surface area contributed by atoms with E-state index in [1.54, 1.807) is 29.2 Å². The molecule has 2 aromatic carbocycles. The van der Waals surface area contributed by atoms with E-state index in [-0.39, 0.29) is 28.8 Å². The minimum Gasteiger partial charge on any atom is -0.355 e. The lowest BCUT2D eigenvalue weighted by molar-refractivity contribution is -0.118. The largest absolute Gasteiger partial charge is 0.355 e. The molecule has 0 saturated carbocycles. The Morgan fingerprint density at radius 1 is 1.11 bits per heavy atom. The third-order valence-corrected chi connectivity index (χ3v) is 7.64. The molecule has 4 rings (SSSR count). The fourth-order valence-corrected chi connectivity index (χ4v) is 5.52. The fourth-order valence-electron chi connectivity index (χ4n) is 4.11. The molecule has 7 nitrogen and oxygen atoms in total. The van der Waals surface area contributed by atoms with E-state index in [1.165, 1.54) is 30.0 Å². The number of thioether (sulfide) groups is 1. The first kappa shape index (κ1) is 28.4. The molecule has 1 saturated heterocycles. The summed E-state index contributed by atoms with van der Waals surface area (Å²) in [6, 6.07) is 12.5. The van der Waals surface area contributed by atoms with Gasteiger partial charge in [0, 0.05) is 53.9 Å². The summed E-state index contributed by atoms with van der Waals surface area (Å²) in [5.74, 6) is -0.0702. The first-order valence-corrected chi connectivity index (χ1v) is 14.0. The maximum absolute atomic E-state index is 13.6. The minimum absolute atomic E-state index is 0.125. The second-order valence-corrected chi connectivity index (χ2v) is 10.9. The molecule has 0 bridgehead atoms. The predicted octanol–water partition coefficient (Wildman–Crippen LogP) is 5.38. The Morgan fingerprint density at radius 3 is 2.66 bits per heavy atom. The van der Waals surface area contributed by atoms with E-state index in [4.69, 9.17) is 34.8 Å². The van der Waals surface area contributed by atoms with Crippen molar-refractivity contribution in [2.75, 3.05) is 36.8 Å². The zero-order valence-corrected chi connectivity index (χ0v) is 23.5. The third-order valence-electron chi connectivity index (χ3n) is 6.01. The second kappa shape index (κ2) is 13.0. The lowest BCUT2D eigenvalue weighted by atomic mass is 10.1. The molecule has 1 fully saturated rings. The van der Waals surface area contributed by atoms with Gasteiger partial charge in [-0.05, 0) is 49.2 Å². The number of carbonyl (C=O) groups is 2. The molecule has 1 aliphatic heterocycles. The summed E-state index contributed by atoms with van der Waals surface area (Å²) >= 11 is 19.5. The number of hydrogen-bond acceptors (Lipinski definition) is 6. The van der Waals surface area contributed by atoms with Gasteiger partial charge in [0.05, 0.1) is 5.75 Å². The first-order valence-electron chi connectivity index (χ1n) is 11.9. The Bertz CT molecular complexity index is 1330. The molecule has 1 atom stereocenters. The number of benzene rings is 2. The number of amides is 2. The lowest BCUT2D eigenvalue weighted by Gasteiger charge is -2.40. The molecule has 2 amide bonds. The summed E-state index contributed by atoms with van der Waals surface area (Å²) < 4.78 is 13.6. The van der Waals surface area contributed by atoms with Crippen molar-refractivity contribution in [1.82, 2.24) is 20.2 Å². The zero-order chi connectivity index (χ0) is 27.2. The molecule has 0 spiro atoms. The van der Waals surface area contributed by atoms with Crippen molar-refractivity contribution in [2.45, 2.75) is 24.5 Å². The Morgan fingerprint density at radius 2 is 1.92 bits per heavy atom. The van der Waals surface area contributed by atoms with Gasteiger partial charge in [-0.1, -0.05) is 58.7 Å². The van der Waals surface area contributed by atoms with Crippen LogP contribution in [0.5, 0.6) is 0 Å². The van der Waals surface area contributed by atoms with E-state index in [1.807, 2.05) is 17.9 Å². The van der Waals surface area contributed by atoms with E-state index >= 15 is 0 Å². The molecular weight excluding hydrogens is 572 g/mol. The molecule has 1 aromatic heterocycles. The molecule has 1 unspecified atom stereocenters. The standard InChI is InChI=1S/C26H25Cl3FN5O2S/c1-16-14-34(9-10-35(16)25(37)18-3-2-4-20(30)11-18)23-13-22(29)32-26(33-23)38-15-24(36)31-8-7-17-5-6-19(27)12-21(17)28/h2-6,11-13,16H,7-10,14-15H2,1H3,(H,31,36). The quantitative estimate of drug-likeness (QED) is 0.214. The zero-order valence-electron chi connectivity index (χ0n) is 20.5. The average Bonchev–Trinajstić information content (AvgIpc) is 2.88. The molecule has 1 aliphatic rings. The van der Waals surface area contributed by atoms with Crippen LogP contribution in [-0.2, 0) is 11.2 Å². The van der Waals surface area contributed by atoms with Crippen molar-refractivity contribution in [3.05, 3.63) is 80.7 Å². The van der Waals surface area contributed by atoms with Gasteiger partial charge < -0.3 is 15.1 Å². The number of hydrogen-bond donors (Lipinski definition) is 1. The Kier molecular flexibility index (Phi) is 9.70. The van der Waals surface area contributed by atoms with Crippen LogP contribution in [0.15, 0.2) is 53.7 Å². The molecule has 200 valence electrons. The van der Waals surface area contributed by atoms with E-state index < -0.39 is 5.82 Å². The van der Waals surface area contributed by atoms with Crippen molar-refractivity contribution in [3.8, 4) is 0 Å². The first-order chi connectivity index (χ1) is 18.2. The minimum atomic E-state index is -0.442. The van der Waals surface area contributed by atoms with Gasteiger partial charge in [-0.25, -0.2) is 14.4 Å². The van der Waals surface area contributed by atoms with E-state index in [9.17, 15) is 14.0 Å². The van der Waals surface area contributed by atoms with E-state index in [2.05, 4.69) is 15.3 Å². The molecule has 0 radical (unpaired) electrons.